The van der Waals surface area contributed by atoms with Crippen LogP contribution in [0.1, 0.15) is 149 Å². The predicted molar refractivity (Wildman–Crippen MR) is 183 cm³/mol. The molecule has 1 aliphatic carbocycles. The van der Waals surface area contributed by atoms with Gasteiger partial charge in [-0.15, -0.1) is 0 Å². The van der Waals surface area contributed by atoms with Crippen LogP contribution in [0.15, 0.2) is 0 Å². The van der Waals surface area contributed by atoms with Crippen LogP contribution in [-0.2, 0) is 18.4 Å². The largest absolute Gasteiger partial charge is 0.472 e. The smallest absolute Gasteiger partial charge is 0.393 e. The lowest BCUT2D eigenvalue weighted by atomic mass is 9.85. The van der Waals surface area contributed by atoms with Crippen molar-refractivity contribution >= 4 is 13.7 Å². The first-order chi connectivity index (χ1) is 22.8. The predicted octanol–water partition coefficient (Wildman–Crippen LogP) is 3.75. The molecule has 8 atom stereocenters. The van der Waals surface area contributed by atoms with Crippen LogP contribution in [0.2, 0.25) is 0 Å². The van der Waals surface area contributed by atoms with Crippen molar-refractivity contribution in [1.82, 2.24) is 5.32 Å². The molecular weight excluding hydrogens is 645 g/mol. The van der Waals surface area contributed by atoms with Gasteiger partial charge in [0.05, 0.1) is 31.3 Å². The van der Waals surface area contributed by atoms with Gasteiger partial charge in [0, 0.05) is 0 Å². The summed E-state index contributed by atoms with van der Waals surface area (Å²) in [5.41, 5.74) is 0. The number of aliphatic hydroxyl groups excluding tert-OH is 7. The second-order valence-corrected chi connectivity index (χ2v) is 15.0. The Morgan fingerprint density at radius 2 is 1.04 bits per heavy atom. The molecule has 0 radical (unpaired) electrons. The highest BCUT2D eigenvalue weighted by Crippen LogP contribution is 2.47. The molecule has 0 heterocycles. The molecule has 9 N–H and O–H groups in total. The zero-order valence-corrected chi connectivity index (χ0v) is 30.3. The Hall–Kier alpha value is -0.700. The molecule has 0 aliphatic heterocycles. The van der Waals surface area contributed by atoms with E-state index in [0.717, 1.165) is 51.4 Å². The number of unbranched alkanes of at least 4 members (excludes halogenated alkanes) is 16. The van der Waals surface area contributed by atoms with E-state index in [1.165, 1.54) is 57.8 Å². The highest BCUT2D eigenvalue weighted by molar-refractivity contribution is 7.47. The molecule has 1 aliphatic rings. The summed E-state index contributed by atoms with van der Waals surface area (Å²) in [6.45, 7) is 3.68. The fraction of sp³-hybridized carbons (Fsp3) is 0.971. The number of nitrogens with one attached hydrogen (secondary N) is 1. The minimum Gasteiger partial charge on any atom is -0.393 e. The van der Waals surface area contributed by atoms with Gasteiger partial charge in [0.15, 0.2) is 0 Å². The van der Waals surface area contributed by atoms with E-state index in [4.69, 9.17) is 9.05 Å². The Morgan fingerprint density at radius 3 is 1.50 bits per heavy atom. The Balaban J connectivity index is 2.67. The third-order valence-electron chi connectivity index (χ3n) is 9.22. The van der Waals surface area contributed by atoms with Gasteiger partial charge < -0.3 is 46.0 Å². The molecule has 1 amide bonds. The average Bonchev–Trinajstić information content (AvgIpc) is 3.05. The third kappa shape index (κ3) is 19.1. The first kappa shape index (κ1) is 45.3. The van der Waals surface area contributed by atoms with Gasteiger partial charge in [-0.25, -0.2) is 4.57 Å². The second-order valence-electron chi connectivity index (χ2n) is 13.6. The van der Waals surface area contributed by atoms with Crippen LogP contribution in [-0.4, -0.2) is 108 Å². The van der Waals surface area contributed by atoms with Crippen LogP contribution in [0.25, 0.3) is 0 Å². The molecule has 1 rings (SSSR count). The van der Waals surface area contributed by atoms with E-state index in [1.807, 2.05) is 0 Å². The van der Waals surface area contributed by atoms with E-state index in [2.05, 4.69) is 19.2 Å². The lowest BCUT2D eigenvalue weighted by Crippen LogP contribution is -2.64. The van der Waals surface area contributed by atoms with E-state index in [9.17, 15) is 50.0 Å². The molecule has 48 heavy (non-hydrogen) atoms. The molecule has 0 bridgehead atoms. The number of phosphoric ester groups is 1. The Bertz CT molecular complexity index is 854. The number of aliphatic hydroxyl groups is 7. The molecular formula is C34H68NO12P. The number of rotatable bonds is 29. The maximum atomic E-state index is 12.8. The summed E-state index contributed by atoms with van der Waals surface area (Å²) in [5, 5.41) is 73.9. The standard InChI is InChI=1S/C34H68NO12P/c1-3-5-7-9-11-12-13-14-16-18-20-22-27(37)26(35-28(38)23-25(36)21-19-17-15-10-8-6-4-2)24-46-48(44,45)47-34-32(42)30(40)29(39)31(41)33(34)43/h25-27,29-34,36-37,39-43H,3-24H2,1-2H3,(H,35,38)(H,44,45). The quantitative estimate of drug-likeness (QED) is 0.0399. The Morgan fingerprint density at radius 1 is 0.646 bits per heavy atom. The van der Waals surface area contributed by atoms with E-state index < -0.39 is 75.2 Å². The van der Waals surface area contributed by atoms with Crippen molar-refractivity contribution < 1.29 is 59.0 Å². The normalized spacial score (nSPS) is 26.1. The van der Waals surface area contributed by atoms with Gasteiger partial charge in [0.1, 0.15) is 36.6 Å². The van der Waals surface area contributed by atoms with Crippen molar-refractivity contribution in [3.63, 3.8) is 0 Å². The molecule has 13 nitrogen and oxygen atoms in total. The summed E-state index contributed by atoms with van der Waals surface area (Å²) in [7, 11) is -5.09. The number of amides is 1. The highest BCUT2D eigenvalue weighted by Gasteiger charge is 2.51. The van der Waals surface area contributed by atoms with Crippen LogP contribution in [0.3, 0.4) is 0 Å². The van der Waals surface area contributed by atoms with Crippen LogP contribution < -0.4 is 5.32 Å². The number of hydrogen-bond donors (Lipinski definition) is 9. The molecule has 1 saturated carbocycles. The molecule has 8 unspecified atom stereocenters. The minimum atomic E-state index is -5.09. The van der Waals surface area contributed by atoms with Gasteiger partial charge in [0.25, 0.3) is 0 Å². The summed E-state index contributed by atoms with van der Waals surface area (Å²) in [6, 6.07) is -1.14. The molecule has 286 valence electrons. The van der Waals surface area contributed by atoms with Gasteiger partial charge in [0.2, 0.25) is 5.91 Å². The van der Waals surface area contributed by atoms with Crippen molar-refractivity contribution in [2.75, 3.05) is 6.61 Å². The monoisotopic (exact) mass is 713 g/mol. The molecule has 14 heteroatoms. The van der Waals surface area contributed by atoms with Crippen LogP contribution in [0, 0.1) is 0 Å². The van der Waals surface area contributed by atoms with Crippen molar-refractivity contribution in [3.8, 4) is 0 Å². The summed E-state index contributed by atoms with van der Waals surface area (Å²) < 4.78 is 22.7. The van der Waals surface area contributed by atoms with Gasteiger partial charge >= 0.3 is 7.82 Å². The molecule has 0 spiro atoms. The van der Waals surface area contributed by atoms with E-state index in [0.29, 0.717) is 12.8 Å². The zero-order valence-electron chi connectivity index (χ0n) is 29.4. The SMILES string of the molecule is CCCCCCCCCCCCCC(O)C(COP(=O)(O)OC1C(O)C(O)C(O)C(O)C1O)NC(=O)CC(O)CCCCCCCCC. The lowest BCUT2D eigenvalue weighted by Gasteiger charge is -2.41. The lowest BCUT2D eigenvalue weighted by molar-refractivity contribution is -0.220. The molecule has 1 fully saturated rings. The number of carbonyl (C=O) groups excluding carboxylic acids is 1. The summed E-state index contributed by atoms with van der Waals surface area (Å²) >= 11 is 0. The Kier molecular flexibility index (Phi) is 24.7. The van der Waals surface area contributed by atoms with E-state index >= 15 is 0 Å². The maximum absolute atomic E-state index is 12.8. The molecule has 0 aromatic rings. The Labute approximate surface area is 288 Å². The molecule has 0 saturated heterocycles. The van der Waals surface area contributed by atoms with Gasteiger partial charge in [-0.2, -0.15) is 0 Å². The minimum absolute atomic E-state index is 0.219. The fourth-order valence-corrected chi connectivity index (χ4v) is 7.03. The van der Waals surface area contributed by atoms with Gasteiger partial charge in [-0.1, -0.05) is 129 Å². The van der Waals surface area contributed by atoms with Crippen molar-refractivity contribution in [2.24, 2.45) is 0 Å². The molecule has 0 aromatic heterocycles. The zero-order chi connectivity index (χ0) is 36.0. The number of carbonyl (C=O) groups is 1. The summed E-state index contributed by atoms with van der Waals surface area (Å²) in [4.78, 5) is 23.2. The maximum Gasteiger partial charge on any atom is 0.472 e. The first-order valence-corrected chi connectivity index (χ1v) is 20.1. The van der Waals surface area contributed by atoms with Gasteiger partial charge in [-0.3, -0.25) is 13.8 Å². The van der Waals surface area contributed by atoms with Crippen molar-refractivity contribution in [1.29, 1.82) is 0 Å². The fourth-order valence-electron chi connectivity index (χ4n) is 6.07. The van der Waals surface area contributed by atoms with Crippen molar-refractivity contribution in [2.45, 2.75) is 204 Å². The topological polar surface area (TPSA) is 226 Å². The van der Waals surface area contributed by atoms with Crippen molar-refractivity contribution in [3.05, 3.63) is 0 Å². The first-order valence-electron chi connectivity index (χ1n) is 18.6. The molecule has 0 aromatic carbocycles. The van der Waals surface area contributed by atoms with Crippen LogP contribution in [0.5, 0.6) is 0 Å². The van der Waals surface area contributed by atoms with Gasteiger partial charge in [-0.05, 0) is 12.8 Å². The van der Waals surface area contributed by atoms with E-state index in [-0.39, 0.29) is 12.8 Å². The van der Waals surface area contributed by atoms with E-state index in [1.54, 1.807) is 0 Å². The third-order valence-corrected chi connectivity index (χ3v) is 10.2. The summed E-state index contributed by atoms with van der Waals surface area (Å²) in [5.74, 6) is -0.566. The van der Waals surface area contributed by atoms with Crippen LogP contribution in [0.4, 0.5) is 0 Å². The number of hydrogen-bond acceptors (Lipinski definition) is 11. The van der Waals surface area contributed by atoms with Crippen LogP contribution >= 0.6 is 7.82 Å². The number of phosphoric acid groups is 1. The highest BCUT2D eigenvalue weighted by atomic mass is 31.2. The second kappa shape index (κ2) is 26.1. The summed E-state index contributed by atoms with van der Waals surface area (Å²) in [6.07, 6.45) is 6.35. The average molecular weight is 714 g/mol.